The summed E-state index contributed by atoms with van der Waals surface area (Å²) >= 11 is 0. The molecule has 23 nitrogen and oxygen atoms in total. The zero-order valence-electron chi connectivity index (χ0n) is 77.0. The van der Waals surface area contributed by atoms with E-state index in [1.807, 2.05) is 273 Å². The zero-order valence-corrected chi connectivity index (χ0v) is 79.8. The van der Waals surface area contributed by atoms with Gasteiger partial charge in [0.2, 0.25) is 6.29 Å². The van der Waals surface area contributed by atoms with E-state index in [0.717, 1.165) is 50.1 Å². The molecule has 0 saturated carbocycles. The highest BCUT2D eigenvalue weighted by Crippen LogP contribution is 2.50. The molecule has 3 heterocycles. The molecule has 3 fully saturated rings. The standard InChI is InChI=1S/C89H104O21P2Si.2C6H15N.2B/c1-64(90)102-86-83(99-58-71-46-28-13-29-47-71)80(96-55-68-40-22-10-23-41-68)77(74(103-86)61-93-52-65-34-16-7-17-35-65)106-111(91)108-87-84(100-59-72-48-30-14-31-49-72)81(97-56-69-42-24-11-25-43-69)78(75(104-87)62-94-53-66-36-18-8-19-37-66)107-112(92)109-88-85(101-60-73-50-32-15-33-51-73)82(98-57-70-44-26-12-27-45-70)79(110-113(5,6)89(2,3)4)76(105-88)63-95-54-67-38-20-9-21-39-67;2*1-4-7(5-2)6-3;;/h7-51,74-88,91-92H,52-63H2,1-6H3;2*4-6H2,1-3H3;;/t74-,75-,76-,77-,78-,79-,80+,81+,82+,83-,84-,85-,86?,87-,88-,111?,112?;;;;/m1..../s1. The average Bonchev–Trinajstić information content (AvgIpc) is 0.777. The third-order valence-electron chi connectivity index (χ3n) is 22.7. The second-order valence-electron chi connectivity index (χ2n) is 32.7. The molecule has 694 valence electrons. The molecule has 9 aromatic carbocycles. The van der Waals surface area contributed by atoms with Gasteiger partial charge in [0.25, 0.3) is 0 Å². The first-order chi connectivity index (χ1) is 61.7. The molecule has 0 aromatic heterocycles. The molecule has 3 saturated heterocycles. The summed E-state index contributed by atoms with van der Waals surface area (Å²) in [5.41, 5.74) is 7.62. The second-order valence-corrected chi connectivity index (χ2v) is 39.3. The van der Waals surface area contributed by atoms with Crippen LogP contribution in [0.3, 0.4) is 0 Å². The second kappa shape index (κ2) is 58.1. The third-order valence-corrected chi connectivity index (χ3v) is 28.8. The van der Waals surface area contributed by atoms with Gasteiger partial charge >= 0.3 is 23.2 Å². The summed E-state index contributed by atoms with van der Waals surface area (Å²) < 4.78 is 124. The van der Waals surface area contributed by atoms with Gasteiger partial charge in [-0.3, -0.25) is 13.8 Å². The van der Waals surface area contributed by atoms with Crippen molar-refractivity contribution in [2.75, 3.05) is 59.1 Å². The third kappa shape index (κ3) is 35.6. The minimum absolute atomic E-state index is 0. The van der Waals surface area contributed by atoms with Gasteiger partial charge in [-0.1, -0.05) is 335 Å². The Morgan fingerprint density at radius 2 is 0.527 bits per heavy atom. The Morgan fingerprint density at radius 1 is 0.318 bits per heavy atom. The summed E-state index contributed by atoms with van der Waals surface area (Å²) in [5, 5.41) is -0.264. The van der Waals surface area contributed by atoms with Gasteiger partial charge in [-0.25, -0.2) is 0 Å². The number of carbonyl (C=O) groups is 1. The van der Waals surface area contributed by atoms with Crippen LogP contribution in [-0.4, -0.2) is 202 Å². The van der Waals surface area contributed by atoms with Crippen LogP contribution in [0.25, 0.3) is 0 Å². The van der Waals surface area contributed by atoms with E-state index >= 15 is 0 Å². The Labute approximate surface area is 773 Å². The minimum Gasteiger partial charge on any atom is -0.433 e. The molecule has 0 bridgehead atoms. The maximum atomic E-state index is 13.2. The number of hydrogen-bond acceptors (Lipinski definition) is 23. The fraction of sp³-hybridized carbons (Fsp3) is 0.455. The van der Waals surface area contributed by atoms with Crippen molar-refractivity contribution in [1.82, 2.24) is 9.80 Å². The molecular weight excluding hydrogens is 1690 g/mol. The highest BCUT2D eigenvalue weighted by Gasteiger charge is 2.57. The van der Waals surface area contributed by atoms with Crippen molar-refractivity contribution in [1.29, 1.82) is 0 Å². The molecule has 12 rings (SSSR count). The number of hydrogen-bond donors (Lipinski definition) is 2. The number of esters is 1. The molecule has 0 spiro atoms. The molecule has 3 unspecified atom stereocenters. The minimum atomic E-state index is -3.12. The first kappa shape index (κ1) is 107. The van der Waals surface area contributed by atoms with Crippen molar-refractivity contribution in [2.24, 2.45) is 0 Å². The number of nitrogens with zero attached hydrogens (tertiary/aromatic N) is 2. The van der Waals surface area contributed by atoms with E-state index in [-0.39, 0.29) is 101 Å². The van der Waals surface area contributed by atoms with Crippen LogP contribution < -0.4 is 0 Å². The molecule has 6 radical (unpaired) electrons. The van der Waals surface area contributed by atoms with Crippen LogP contribution in [0.2, 0.25) is 18.1 Å². The smallest absolute Gasteiger partial charge is 0.332 e. The van der Waals surface area contributed by atoms with Crippen LogP contribution in [0, 0.1) is 0 Å². The molecule has 17 atom stereocenters. The predicted octanol–water partition coefficient (Wildman–Crippen LogP) is 18.5. The number of ether oxygens (including phenoxy) is 13. The summed E-state index contributed by atoms with van der Waals surface area (Å²) in [5.74, 6) is -0.641. The van der Waals surface area contributed by atoms with E-state index in [4.69, 9.17) is 84.1 Å². The van der Waals surface area contributed by atoms with Gasteiger partial charge in [0.1, 0.15) is 73.2 Å². The van der Waals surface area contributed by atoms with E-state index in [9.17, 15) is 14.6 Å². The number of carbonyl (C=O) groups excluding carboxylic acids is 1. The molecule has 28 heteroatoms. The van der Waals surface area contributed by atoms with E-state index in [0.29, 0.717) is 0 Å². The van der Waals surface area contributed by atoms with Gasteiger partial charge in [0.05, 0.1) is 79.3 Å². The van der Waals surface area contributed by atoms with Crippen LogP contribution in [-0.2, 0) is 148 Å². The van der Waals surface area contributed by atoms with Crippen LogP contribution >= 0.6 is 17.2 Å². The molecule has 9 aromatic rings. The van der Waals surface area contributed by atoms with E-state index < -0.39 is 124 Å². The normalized spacial score (nSPS) is 22.7. The number of rotatable bonds is 47. The molecular formula is C101H134B2N2O21P2Si. The van der Waals surface area contributed by atoms with Gasteiger partial charge in [-0.05, 0) is 107 Å². The van der Waals surface area contributed by atoms with Gasteiger partial charge in [0.15, 0.2) is 20.9 Å². The first-order valence-electron chi connectivity index (χ1n) is 44.4. The maximum Gasteiger partial charge on any atom is 0.332 e. The summed E-state index contributed by atoms with van der Waals surface area (Å²) in [6.07, 6.45) is -17.8. The fourth-order valence-electron chi connectivity index (χ4n) is 14.5. The van der Waals surface area contributed by atoms with Crippen molar-refractivity contribution >= 4 is 48.3 Å². The largest absolute Gasteiger partial charge is 0.433 e. The Balaban J connectivity index is 0.00000119. The highest BCUT2D eigenvalue weighted by atomic mass is 31.2. The van der Waals surface area contributed by atoms with E-state index in [1.54, 1.807) is 0 Å². The molecule has 3 aliphatic heterocycles. The van der Waals surface area contributed by atoms with Gasteiger partial charge < -0.3 is 94.6 Å². The van der Waals surface area contributed by atoms with Gasteiger partial charge in [-0.2, -0.15) is 0 Å². The lowest BCUT2D eigenvalue weighted by Crippen LogP contribution is -2.64. The van der Waals surface area contributed by atoms with Crippen molar-refractivity contribution in [3.8, 4) is 0 Å². The Morgan fingerprint density at radius 3 is 0.752 bits per heavy atom. The SMILES string of the molecule is CC(=O)OC1O[C@H](COCc2ccccc2)[C@@H](OP(O)O[C@H]2O[C@H](COCc3ccccc3)[C@@H](OP(O)O[C@H]3O[C@H](COCc4ccccc4)[C@@H](O[Si](C)(C)C(C)(C)C)[C@H](OCc4ccccc4)[C@H]3OCc3ccccc3)[C@H](OCc3ccccc3)[C@H]2OCc2ccccc2)[C@H](OCc2ccccc2)[C@H]1OCc1ccccc1.CCN(CC)CC.CCN(CC)CC.[B].[B]. The van der Waals surface area contributed by atoms with E-state index in [1.165, 1.54) is 46.2 Å². The predicted molar refractivity (Wildman–Crippen MR) is 507 cm³/mol. The summed E-state index contributed by atoms with van der Waals surface area (Å²) in [7, 11) is -8.91. The molecule has 129 heavy (non-hydrogen) atoms. The fourth-order valence-corrected chi connectivity index (χ4v) is 17.5. The Bertz CT molecular complexity index is 4380. The van der Waals surface area contributed by atoms with Crippen molar-refractivity contribution in [3.63, 3.8) is 0 Å². The van der Waals surface area contributed by atoms with Crippen molar-refractivity contribution in [3.05, 3.63) is 323 Å². The lowest BCUT2D eigenvalue weighted by Gasteiger charge is -2.50. The lowest BCUT2D eigenvalue weighted by molar-refractivity contribution is -0.315. The summed E-state index contributed by atoms with van der Waals surface area (Å²) in [6.45, 7) is 32.9. The van der Waals surface area contributed by atoms with Crippen LogP contribution in [0.5, 0.6) is 0 Å². The molecule has 2 N–H and O–H groups in total. The quantitative estimate of drug-likeness (QED) is 0.0205. The van der Waals surface area contributed by atoms with Gasteiger partial charge in [-0.15, -0.1) is 0 Å². The highest BCUT2D eigenvalue weighted by molar-refractivity contribution is 7.40. The maximum absolute atomic E-state index is 13.2. The summed E-state index contributed by atoms with van der Waals surface area (Å²) in [4.78, 5) is 44.1. The molecule has 0 aliphatic carbocycles. The Hall–Kier alpha value is -7.18. The first-order valence-corrected chi connectivity index (χ1v) is 49.6. The zero-order chi connectivity index (χ0) is 90.0. The van der Waals surface area contributed by atoms with Crippen molar-refractivity contribution < 1.29 is 98.7 Å². The van der Waals surface area contributed by atoms with E-state index in [2.05, 4.69) is 85.2 Å². The van der Waals surface area contributed by atoms with Crippen molar-refractivity contribution in [2.45, 2.75) is 239 Å². The lowest BCUT2D eigenvalue weighted by atomic mass is 9.98. The molecule has 0 amide bonds. The van der Waals surface area contributed by atoms with Gasteiger partial charge in [0, 0.05) is 23.7 Å². The van der Waals surface area contributed by atoms with Crippen LogP contribution in [0.4, 0.5) is 0 Å². The summed E-state index contributed by atoms with van der Waals surface area (Å²) in [6, 6.07) is 86.8. The monoisotopic (exact) mass is 1820 g/mol. The van der Waals surface area contributed by atoms with Crippen LogP contribution in [0.15, 0.2) is 273 Å². The molecule has 3 aliphatic rings. The Kier molecular flexibility index (Phi) is 48.2. The number of benzene rings is 9. The topological polar surface area (TPSA) is 230 Å². The van der Waals surface area contributed by atoms with Crippen LogP contribution in [0.1, 0.15) is 119 Å². The average molecular weight is 1820 g/mol.